The molecule has 1 aliphatic rings. The first-order valence-electron chi connectivity index (χ1n) is 9.00. The number of ether oxygens (including phenoxy) is 1. The summed E-state index contributed by atoms with van der Waals surface area (Å²) >= 11 is 0. The Morgan fingerprint density at radius 3 is 2.63 bits per heavy atom. The summed E-state index contributed by atoms with van der Waals surface area (Å²) in [4.78, 5) is 12.4. The Bertz CT molecular complexity index is 1060. The second-order valence-corrected chi connectivity index (χ2v) is 7.11. The van der Waals surface area contributed by atoms with Gasteiger partial charge >= 0.3 is 5.69 Å². The highest BCUT2D eigenvalue weighted by molar-refractivity contribution is 5.49. The first-order valence-corrected chi connectivity index (χ1v) is 9.00. The van der Waals surface area contributed by atoms with Crippen molar-refractivity contribution in [3.63, 3.8) is 0 Å². The number of aromatic nitrogens is 4. The molecule has 1 saturated carbocycles. The highest BCUT2D eigenvalue weighted by atomic mass is 16.5. The SMILES string of the molecule is Cc1cc(OCc2c(C3CC3)cccc2-n2nnn(C)c2=O)c(C)cc1O. The molecule has 1 fully saturated rings. The maximum Gasteiger partial charge on any atom is 0.368 e. The number of phenolic OH excluding ortho intramolecular Hbond substituents is 1. The van der Waals surface area contributed by atoms with Crippen LogP contribution < -0.4 is 10.4 Å². The summed E-state index contributed by atoms with van der Waals surface area (Å²) in [5, 5.41) is 17.7. The molecule has 0 bridgehead atoms. The fraction of sp³-hybridized carbons (Fsp3) is 0.350. The van der Waals surface area contributed by atoms with Crippen LogP contribution in [-0.2, 0) is 13.7 Å². The molecule has 1 heterocycles. The van der Waals surface area contributed by atoms with E-state index in [1.54, 1.807) is 13.1 Å². The molecule has 27 heavy (non-hydrogen) atoms. The predicted molar refractivity (Wildman–Crippen MR) is 100 cm³/mol. The van der Waals surface area contributed by atoms with Crippen molar-refractivity contribution in [2.45, 2.75) is 39.2 Å². The third-order valence-corrected chi connectivity index (χ3v) is 5.02. The van der Waals surface area contributed by atoms with Crippen molar-refractivity contribution in [2.24, 2.45) is 7.05 Å². The smallest absolute Gasteiger partial charge is 0.368 e. The van der Waals surface area contributed by atoms with Gasteiger partial charge in [0.25, 0.3) is 0 Å². The van der Waals surface area contributed by atoms with E-state index in [1.165, 1.54) is 14.9 Å². The molecule has 7 heteroatoms. The predicted octanol–water partition coefficient (Wildman–Crippen LogP) is 2.74. The zero-order valence-corrected chi connectivity index (χ0v) is 15.6. The zero-order valence-electron chi connectivity index (χ0n) is 15.6. The first kappa shape index (κ1) is 17.3. The summed E-state index contributed by atoms with van der Waals surface area (Å²) in [6, 6.07) is 9.44. The highest BCUT2D eigenvalue weighted by Crippen LogP contribution is 2.43. The van der Waals surface area contributed by atoms with Gasteiger partial charge in [0.2, 0.25) is 0 Å². The third kappa shape index (κ3) is 3.20. The first-order chi connectivity index (χ1) is 13.0. The Labute approximate surface area is 156 Å². The standard InChI is InChI=1S/C20H22N4O3/c1-12-10-19(13(2)9-18(12)25)27-11-16-15(14-7-8-14)5-4-6-17(16)24-20(26)23(3)21-22-24/h4-6,9-10,14,25H,7-8,11H2,1-3H3. The number of aryl methyl sites for hydroxylation is 3. The molecular formula is C20H22N4O3. The van der Waals surface area contributed by atoms with Crippen LogP contribution in [0.5, 0.6) is 11.5 Å². The van der Waals surface area contributed by atoms with Crippen LogP contribution in [0.2, 0.25) is 0 Å². The Morgan fingerprint density at radius 1 is 1.19 bits per heavy atom. The van der Waals surface area contributed by atoms with Gasteiger partial charge in [-0.05, 0) is 77.9 Å². The molecule has 0 saturated heterocycles. The number of hydrogen-bond acceptors (Lipinski definition) is 5. The van der Waals surface area contributed by atoms with Crippen molar-refractivity contribution in [3.05, 3.63) is 63.1 Å². The lowest BCUT2D eigenvalue weighted by atomic mass is 10.0. The molecule has 0 amide bonds. The van der Waals surface area contributed by atoms with Crippen LogP contribution in [0.15, 0.2) is 35.1 Å². The Kier molecular flexibility index (Phi) is 4.22. The Hall–Kier alpha value is -3.09. The van der Waals surface area contributed by atoms with E-state index < -0.39 is 0 Å². The number of aromatic hydroxyl groups is 1. The van der Waals surface area contributed by atoms with Gasteiger partial charge in [0.05, 0.1) is 5.69 Å². The molecule has 1 aliphatic carbocycles. The van der Waals surface area contributed by atoms with E-state index in [9.17, 15) is 9.90 Å². The summed E-state index contributed by atoms with van der Waals surface area (Å²) in [5.74, 6) is 1.47. The molecule has 0 atom stereocenters. The van der Waals surface area contributed by atoms with Crippen molar-refractivity contribution >= 4 is 0 Å². The number of nitrogens with zero attached hydrogens (tertiary/aromatic N) is 4. The van der Waals surface area contributed by atoms with E-state index >= 15 is 0 Å². The fourth-order valence-corrected chi connectivity index (χ4v) is 3.27. The summed E-state index contributed by atoms with van der Waals surface area (Å²) < 4.78 is 8.63. The number of rotatable bonds is 5. The molecule has 4 rings (SSSR count). The average Bonchev–Trinajstić information content (AvgIpc) is 3.43. The van der Waals surface area contributed by atoms with E-state index in [4.69, 9.17) is 4.74 Å². The molecule has 0 unspecified atom stereocenters. The molecule has 7 nitrogen and oxygen atoms in total. The Morgan fingerprint density at radius 2 is 1.96 bits per heavy atom. The zero-order chi connectivity index (χ0) is 19.1. The van der Waals surface area contributed by atoms with E-state index in [2.05, 4.69) is 16.5 Å². The molecule has 1 aromatic heterocycles. The Balaban J connectivity index is 1.74. The van der Waals surface area contributed by atoms with Crippen molar-refractivity contribution in [1.29, 1.82) is 0 Å². The molecule has 0 radical (unpaired) electrons. The van der Waals surface area contributed by atoms with Crippen molar-refractivity contribution in [2.75, 3.05) is 0 Å². The molecule has 2 aromatic carbocycles. The summed E-state index contributed by atoms with van der Waals surface area (Å²) in [6.07, 6.45) is 2.28. The van der Waals surface area contributed by atoms with Gasteiger partial charge in [-0.15, -0.1) is 0 Å². The second kappa shape index (κ2) is 6.57. The lowest BCUT2D eigenvalue weighted by Gasteiger charge is -2.16. The van der Waals surface area contributed by atoms with E-state index in [0.717, 1.165) is 29.5 Å². The van der Waals surface area contributed by atoms with Crippen LogP contribution in [0.4, 0.5) is 0 Å². The number of hydrogen-bond donors (Lipinski definition) is 1. The molecule has 3 aromatic rings. The summed E-state index contributed by atoms with van der Waals surface area (Å²) in [5.41, 5.74) is 4.18. The summed E-state index contributed by atoms with van der Waals surface area (Å²) in [6.45, 7) is 4.05. The van der Waals surface area contributed by atoms with Crippen LogP contribution >= 0.6 is 0 Å². The quantitative estimate of drug-likeness (QED) is 0.751. The van der Waals surface area contributed by atoms with Crippen LogP contribution in [0.1, 0.15) is 41.0 Å². The normalized spacial score (nSPS) is 13.7. The van der Waals surface area contributed by atoms with E-state index in [0.29, 0.717) is 24.0 Å². The fourth-order valence-electron chi connectivity index (χ4n) is 3.27. The molecule has 1 N–H and O–H groups in total. The lowest BCUT2D eigenvalue weighted by molar-refractivity contribution is 0.301. The molecule has 0 aliphatic heterocycles. The minimum Gasteiger partial charge on any atom is -0.508 e. The van der Waals surface area contributed by atoms with Gasteiger partial charge in [-0.25, -0.2) is 4.79 Å². The maximum atomic E-state index is 12.4. The topological polar surface area (TPSA) is 82.2 Å². The largest absolute Gasteiger partial charge is 0.508 e. The van der Waals surface area contributed by atoms with E-state index in [1.807, 2.05) is 32.0 Å². The number of phenols is 1. The highest BCUT2D eigenvalue weighted by Gasteiger charge is 2.28. The minimum absolute atomic E-state index is 0.255. The van der Waals surface area contributed by atoms with Crippen molar-refractivity contribution in [3.8, 4) is 17.2 Å². The van der Waals surface area contributed by atoms with Crippen LogP contribution in [0.3, 0.4) is 0 Å². The van der Waals surface area contributed by atoms with Crippen molar-refractivity contribution in [1.82, 2.24) is 19.8 Å². The van der Waals surface area contributed by atoms with Gasteiger partial charge < -0.3 is 9.84 Å². The monoisotopic (exact) mass is 366 g/mol. The van der Waals surface area contributed by atoms with Gasteiger partial charge in [0.1, 0.15) is 18.1 Å². The number of tetrazole rings is 1. The lowest BCUT2D eigenvalue weighted by Crippen LogP contribution is -2.23. The number of benzene rings is 2. The maximum absolute atomic E-state index is 12.4. The molecule has 0 spiro atoms. The van der Waals surface area contributed by atoms with Gasteiger partial charge in [0, 0.05) is 12.6 Å². The van der Waals surface area contributed by atoms with Gasteiger partial charge in [-0.3, -0.25) is 0 Å². The molecular weight excluding hydrogens is 344 g/mol. The van der Waals surface area contributed by atoms with Gasteiger partial charge in [-0.1, -0.05) is 12.1 Å². The summed E-state index contributed by atoms with van der Waals surface area (Å²) in [7, 11) is 1.58. The average molecular weight is 366 g/mol. The minimum atomic E-state index is -0.291. The van der Waals surface area contributed by atoms with E-state index in [-0.39, 0.29) is 11.4 Å². The van der Waals surface area contributed by atoms with Gasteiger partial charge in [0.15, 0.2) is 0 Å². The van der Waals surface area contributed by atoms with Crippen LogP contribution in [0.25, 0.3) is 5.69 Å². The van der Waals surface area contributed by atoms with Crippen LogP contribution in [0, 0.1) is 13.8 Å². The van der Waals surface area contributed by atoms with Gasteiger partial charge in [-0.2, -0.15) is 9.36 Å². The van der Waals surface area contributed by atoms with Crippen LogP contribution in [-0.4, -0.2) is 24.9 Å². The third-order valence-electron chi connectivity index (χ3n) is 5.02. The second-order valence-electron chi connectivity index (χ2n) is 7.11. The molecule has 140 valence electrons. The van der Waals surface area contributed by atoms with Crippen molar-refractivity contribution < 1.29 is 9.84 Å².